The smallest absolute Gasteiger partial charge is 0.246 e. The van der Waals surface area contributed by atoms with Crippen LogP contribution in [0.1, 0.15) is 25.5 Å². The van der Waals surface area contributed by atoms with E-state index in [0.29, 0.717) is 11.8 Å². The fourth-order valence-corrected chi connectivity index (χ4v) is 2.88. The Bertz CT molecular complexity index is 707. The molecule has 3 rings (SSSR count). The second-order valence-corrected chi connectivity index (χ2v) is 5.72. The highest BCUT2D eigenvalue weighted by Gasteiger charge is 2.19. The van der Waals surface area contributed by atoms with E-state index in [1.54, 1.807) is 31.5 Å². The quantitative estimate of drug-likeness (QED) is 0.882. The van der Waals surface area contributed by atoms with Crippen LogP contribution in [0.15, 0.2) is 18.3 Å². The summed E-state index contributed by atoms with van der Waals surface area (Å²) in [5.41, 5.74) is 1.50. The molecule has 0 radical (unpaired) electrons. The Morgan fingerprint density at radius 2 is 2.41 bits per heavy atom. The first kappa shape index (κ1) is 14.6. The minimum atomic E-state index is 0.0390. The maximum atomic E-state index is 12.3. The first-order valence-electron chi connectivity index (χ1n) is 7.53. The van der Waals surface area contributed by atoms with Gasteiger partial charge < -0.3 is 9.64 Å². The van der Waals surface area contributed by atoms with Gasteiger partial charge in [-0.25, -0.2) is 4.98 Å². The molecular formula is C16H20N4O2. The number of hydrogen-bond acceptors (Lipinski definition) is 4. The summed E-state index contributed by atoms with van der Waals surface area (Å²) in [7, 11) is 1.57. The van der Waals surface area contributed by atoms with Crippen LogP contribution in [0.5, 0.6) is 5.88 Å². The summed E-state index contributed by atoms with van der Waals surface area (Å²) in [5, 5.41) is 7.93. The third-order valence-electron chi connectivity index (χ3n) is 4.01. The fourth-order valence-electron chi connectivity index (χ4n) is 2.88. The van der Waals surface area contributed by atoms with Crippen molar-refractivity contribution in [2.24, 2.45) is 5.92 Å². The molecule has 0 saturated carbocycles. The highest BCUT2D eigenvalue weighted by Crippen LogP contribution is 2.25. The maximum Gasteiger partial charge on any atom is 0.246 e. The van der Waals surface area contributed by atoms with E-state index in [2.05, 4.69) is 22.1 Å². The number of ether oxygens (including phenoxy) is 1. The average molecular weight is 300 g/mol. The van der Waals surface area contributed by atoms with Crippen molar-refractivity contribution in [3.8, 4) is 5.88 Å². The lowest BCUT2D eigenvalue weighted by Crippen LogP contribution is -2.38. The van der Waals surface area contributed by atoms with Gasteiger partial charge in [-0.3, -0.25) is 9.89 Å². The van der Waals surface area contributed by atoms with Crippen LogP contribution >= 0.6 is 0 Å². The van der Waals surface area contributed by atoms with Gasteiger partial charge in [0.2, 0.25) is 11.8 Å². The van der Waals surface area contributed by atoms with Crippen LogP contribution in [0.3, 0.4) is 0 Å². The van der Waals surface area contributed by atoms with Crippen molar-refractivity contribution in [3.05, 3.63) is 24.0 Å². The zero-order valence-corrected chi connectivity index (χ0v) is 12.9. The molecule has 1 unspecified atom stereocenters. The van der Waals surface area contributed by atoms with Crippen molar-refractivity contribution in [1.82, 2.24) is 20.1 Å². The molecule has 1 amide bonds. The van der Waals surface area contributed by atoms with E-state index in [-0.39, 0.29) is 5.91 Å². The molecule has 2 aromatic rings. The van der Waals surface area contributed by atoms with Gasteiger partial charge in [-0.2, -0.15) is 5.10 Å². The van der Waals surface area contributed by atoms with Crippen molar-refractivity contribution in [2.45, 2.75) is 19.8 Å². The Balaban J connectivity index is 1.82. The third-order valence-corrected chi connectivity index (χ3v) is 4.01. The van der Waals surface area contributed by atoms with E-state index in [9.17, 15) is 4.79 Å². The molecule has 6 nitrogen and oxygen atoms in total. The lowest BCUT2D eigenvalue weighted by atomic mass is 10.0. The van der Waals surface area contributed by atoms with Crippen LogP contribution in [-0.2, 0) is 4.79 Å². The van der Waals surface area contributed by atoms with Crippen molar-refractivity contribution in [1.29, 1.82) is 0 Å². The number of likely N-dealkylation sites (tertiary alicyclic amines) is 1. The molecule has 1 aliphatic rings. The minimum Gasteiger partial charge on any atom is -0.480 e. The lowest BCUT2D eigenvalue weighted by Gasteiger charge is -2.30. The normalized spacial score (nSPS) is 19.0. The number of carbonyl (C=O) groups is 1. The molecule has 1 aliphatic heterocycles. The summed E-state index contributed by atoms with van der Waals surface area (Å²) in [6.07, 6.45) is 7.27. The summed E-state index contributed by atoms with van der Waals surface area (Å²) < 4.78 is 5.26. The third kappa shape index (κ3) is 2.81. The molecule has 0 spiro atoms. The number of methoxy groups -OCH3 is 1. The van der Waals surface area contributed by atoms with Crippen LogP contribution in [-0.4, -0.2) is 46.2 Å². The number of fused-ring (bicyclic) bond motifs is 1. The highest BCUT2D eigenvalue weighted by atomic mass is 16.5. The van der Waals surface area contributed by atoms with Gasteiger partial charge in [0.15, 0.2) is 0 Å². The molecule has 0 aliphatic carbocycles. The number of amides is 1. The van der Waals surface area contributed by atoms with Gasteiger partial charge in [-0.1, -0.05) is 6.92 Å². The van der Waals surface area contributed by atoms with Gasteiger partial charge in [0, 0.05) is 25.4 Å². The zero-order valence-electron chi connectivity index (χ0n) is 12.9. The molecule has 1 fully saturated rings. The highest BCUT2D eigenvalue weighted by molar-refractivity contribution is 5.96. The number of aromatic amines is 1. The summed E-state index contributed by atoms with van der Waals surface area (Å²) in [6.45, 7) is 3.85. The number of aromatic nitrogens is 3. The topological polar surface area (TPSA) is 71.1 Å². The monoisotopic (exact) mass is 300 g/mol. The Kier molecular flexibility index (Phi) is 4.09. The van der Waals surface area contributed by atoms with Crippen molar-refractivity contribution >= 4 is 22.9 Å². The molecule has 2 aromatic heterocycles. The predicted molar refractivity (Wildman–Crippen MR) is 84.5 cm³/mol. The van der Waals surface area contributed by atoms with Crippen molar-refractivity contribution < 1.29 is 9.53 Å². The van der Waals surface area contributed by atoms with E-state index in [1.807, 2.05) is 4.90 Å². The molecule has 3 heterocycles. The van der Waals surface area contributed by atoms with E-state index >= 15 is 0 Å². The second-order valence-electron chi connectivity index (χ2n) is 5.72. The molecular weight excluding hydrogens is 280 g/mol. The number of nitrogens with one attached hydrogen (secondary N) is 1. The van der Waals surface area contributed by atoms with Crippen LogP contribution in [0, 0.1) is 5.92 Å². The number of H-pyrrole nitrogens is 1. The van der Waals surface area contributed by atoms with Crippen LogP contribution in [0.25, 0.3) is 17.0 Å². The Hall–Kier alpha value is -2.37. The van der Waals surface area contributed by atoms with Crippen molar-refractivity contribution in [2.75, 3.05) is 20.2 Å². The number of hydrogen-bond donors (Lipinski definition) is 1. The number of pyridine rings is 1. The number of nitrogens with zero attached hydrogens (tertiary/aromatic N) is 3. The molecule has 1 atom stereocenters. The fraction of sp³-hybridized carbons (Fsp3) is 0.438. The Morgan fingerprint density at radius 3 is 3.18 bits per heavy atom. The SMILES string of the molecule is COc1nccc2n[nH]c(/C=C/C(=O)N3CCCC(C)C3)c12. The van der Waals surface area contributed by atoms with Gasteiger partial charge in [0.25, 0.3) is 0 Å². The summed E-state index contributed by atoms with van der Waals surface area (Å²) in [5.74, 6) is 1.12. The molecule has 1 saturated heterocycles. The zero-order chi connectivity index (χ0) is 15.5. The predicted octanol–water partition coefficient (Wildman–Crippen LogP) is 2.24. The molecule has 22 heavy (non-hydrogen) atoms. The van der Waals surface area contributed by atoms with E-state index < -0.39 is 0 Å². The summed E-state index contributed by atoms with van der Waals surface area (Å²) in [6, 6.07) is 1.81. The number of piperidine rings is 1. The molecule has 116 valence electrons. The minimum absolute atomic E-state index is 0.0390. The van der Waals surface area contributed by atoms with E-state index in [1.165, 1.54) is 6.42 Å². The molecule has 6 heteroatoms. The second kappa shape index (κ2) is 6.17. The van der Waals surface area contributed by atoms with Crippen LogP contribution in [0.2, 0.25) is 0 Å². The molecule has 0 bridgehead atoms. The van der Waals surface area contributed by atoms with E-state index in [0.717, 1.165) is 36.1 Å². The van der Waals surface area contributed by atoms with Gasteiger partial charge in [-0.15, -0.1) is 0 Å². The number of rotatable bonds is 3. The lowest BCUT2D eigenvalue weighted by molar-refractivity contribution is -0.127. The van der Waals surface area contributed by atoms with Gasteiger partial charge in [0.1, 0.15) is 0 Å². The van der Waals surface area contributed by atoms with E-state index in [4.69, 9.17) is 4.74 Å². The van der Waals surface area contributed by atoms with Gasteiger partial charge in [0.05, 0.1) is 23.7 Å². The van der Waals surface area contributed by atoms with Crippen LogP contribution < -0.4 is 4.74 Å². The average Bonchev–Trinajstić information content (AvgIpc) is 2.96. The Labute approximate surface area is 129 Å². The Morgan fingerprint density at radius 1 is 1.55 bits per heavy atom. The summed E-state index contributed by atoms with van der Waals surface area (Å²) >= 11 is 0. The first-order chi connectivity index (χ1) is 10.7. The first-order valence-corrected chi connectivity index (χ1v) is 7.53. The standard InChI is InChI=1S/C16H20N4O2/c1-11-4-3-9-20(10-11)14(21)6-5-12-15-13(19-18-12)7-8-17-16(15)22-2/h5-8,11H,3-4,9-10H2,1-2H3,(H,18,19)/b6-5+. The van der Waals surface area contributed by atoms with Gasteiger partial charge >= 0.3 is 0 Å². The number of carbonyl (C=O) groups excluding carboxylic acids is 1. The van der Waals surface area contributed by atoms with Crippen molar-refractivity contribution in [3.63, 3.8) is 0 Å². The molecule has 1 N–H and O–H groups in total. The molecule has 0 aromatic carbocycles. The van der Waals surface area contributed by atoms with Gasteiger partial charge in [-0.05, 0) is 30.9 Å². The largest absolute Gasteiger partial charge is 0.480 e. The maximum absolute atomic E-state index is 12.3. The summed E-state index contributed by atoms with van der Waals surface area (Å²) in [4.78, 5) is 18.4. The van der Waals surface area contributed by atoms with Crippen LogP contribution in [0.4, 0.5) is 0 Å².